The predicted molar refractivity (Wildman–Crippen MR) is 91.2 cm³/mol. The first-order valence-corrected chi connectivity index (χ1v) is 8.51. The van der Waals surface area contributed by atoms with Crippen molar-refractivity contribution in [2.75, 3.05) is 19.0 Å². The quantitative estimate of drug-likeness (QED) is 0.791. The van der Waals surface area contributed by atoms with Gasteiger partial charge in [-0.25, -0.2) is 14.8 Å². The van der Waals surface area contributed by atoms with E-state index in [1.54, 1.807) is 0 Å². The second kappa shape index (κ2) is 6.21. The summed E-state index contributed by atoms with van der Waals surface area (Å²) in [5.74, 6) is 0. The zero-order valence-corrected chi connectivity index (χ0v) is 14.0. The van der Waals surface area contributed by atoms with Crippen molar-refractivity contribution in [3.8, 4) is 0 Å². The van der Waals surface area contributed by atoms with Gasteiger partial charge in [0, 0.05) is 43.3 Å². The SMILES string of the molecule is COC(=O)Nc1nc2c(s1)CN(Cc1cn3ccccc3n1)CC2. The van der Waals surface area contributed by atoms with Crippen LogP contribution in [-0.4, -0.2) is 39.0 Å². The number of hydrogen-bond acceptors (Lipinski definition) is 6. The lowest BCUT2D eigenvalue weighted by Crippen LogP contribution is -2.29. The molecule has 0 aliphatic carbocycles. The Hall–Kier alpha value is -2.45. The van der Waals surface area contributed by atoms with E-state index in [0.29, 0.717) is 5.13 Å². The van der Waals surface area contributed by atoms with E-state index >= 15 is 0 Å². The lowest BCUT2D eigenvalue weighted by molar-refractivity contribution is 0.187. The molecule has 4 heterocycles. The summed E-state index contributed by atoms with van der Waals surface area (Å²) in [5, 5.41) is 3.24. The third-order valence-corrected chi connectivity index (χ3v) is 5.00. The van der Waals surface area contributed by atoms with Crippen molar-refractivity contribution in [1.82, 2.24) is 19.3 Å². The van der Waals surface area contributed by atoms with Crippen LogP contribution in [0.5, 0.6) is 0 Å². The highest BCUT2D eigenvalue weighted by Gasteiger charge is 2.22. The van der Waals surface area contributed by atoms with Crippen molar-refractivity contribution in [3.63, 3.8) is 0 Å². The molecule has 0 atom stereocenters. The molecule has 1 aliphatic heterocycles. The normalized spacial score (nSPS) is 14.5. The Morgan fingerprint density at radius 3 is 3.17 bits per heavy atom. The second-order valence-corrected chi connectivity index (χ2v) is 6.75. The molecule has 0 saturated heterocycles. The Balaban J connectivity index is 1.46. The van der Waals surface area contributed by atoms with E-state index in [1.807, 2.05) is 28.8 Å². The van der Waals surface area contributed by atoms with Gasteiger partial charge in [-0.3, -0.25) is 10.2 Å². The molecule has 0 radical (unpaired) electrons. The summed E-state index contributed by atoms with van der Waals surface area (Å²) in [7, 11) is 1.35. The molecule has 124 valence electrons. The minimum Gasteiger partial charge on any atom is -0.453 e. The first-order valence-electron chi connectivity index (χ1n) is 7.70. The highest BCUT2D eigenvalue weighted by Crippen LogP contribution is 2.29. The monoisotopic (exact) mass is 343 g/mol. The molecular weight excluding hydrogens is 326 g/mol. The predicted octanol–water partition coefficient (Wildman–Crippen LogP) is 2.53. The molecule has 4 rings (SSSR count). The number of imidazole rings is 1. The van der Waals surface area contributed by atoms with E-state index in [9.17, 15) is 4.79 Å². The number of ether oxygens (including phenoxy) is 1. The molecule has 0 aromatic carbocycles. The van der Waals surface area contributed by atoms with Gasteiger partial charge >= 0.3 is 6.09 Å². The third-order valence-electron chi connectivity index (χ3n) is 4.00. The number of aromatic nitrogens is 3. The van der Waals surface area contributed by atoms with Gasteiger partial charge in [-0.1, -0.05) is 17.4 Å². The summed E-state index contributed by atoms with van der Waals surface area (Å²) in [6.07, 6.45) is 4.47. The zero-order valence-electron chi connectivity index (χ0n) is 13.2. The third kappa shape index (κ3) is 2.98. The summed E-state index contributed by atoms with van der Waals surface area (Å²) in [6.45, 7) is 2.56. The first kappa shape index (κ1) is 15.1. The lowest BCUT2D eigenvalue weighted by Gasteiger charge is -2.24. The summed E-state index contributed by atoms with van der Waals surface area (Å²) in [5.41, 5.74) is 3.09. The van der Waals surface area contributed by atoms with Gasteiger partial charge < -0.3 is 9.14 Å². The van der Waals surface area contributed by atoms with E-state index < -0.39 is 6.09 Å². The molecule has 1 N–H and O–H groups in total. The second-order valence-electron chi connectivity index (χ2n) is 5.66. The van der Waals surface area contributed by atoms with Crippen molar-refractivity contribution in [1.29, 1.82) is 0 Å². The van der Waals surface area contributed by atoms with Gasteiger partial charge in [0.1, 0.15) is 5.65 Å². The fraction of sp³-hybridized carbons (Fsp3) is 0.312. The number of hydrogen-bond donors (Lipinski definition) is 1. The Morgan fingerprint density at radius 2 is 2.33 bits per heavy atom. The lowest BCUT2D eigenvalue weighted by atomic mass is 10.2. The number of nitrogens with zero attached hydrogens (tertiary/aromatic N) is 4. The topological polar surface area (TPSA) is 71.8 Å². The smallest absolute Gasteiger partial charge is 0.413 e. The number of anilines is 1. The largest absolute Gasteiger partial charge is 0.453 e. The summed E-state index contributed by atoms with van der Waals surface area (Å²) in [6, 6.07) is 6.00. The fourth-order valence-corrected chi connectivity index (χ4v) is 3.90. The number of carbonyl (C=O) groups is 1. The molecule has 7 nitrogen and oxygen atoms in total. The van der Waals surface area contributed by atoms with Gasteiger partial charge in [0.2, 0.25) is 0 Å². The van der Waals surface area contributed by atoms with Gasteiger partial charge in [0.25, 0.3) is 0 Å². The van der Waals surface area contributed by atoms with E-state index in [-0.39, 0.29) is 0 Å². The standard InChI is InChI=1S/C16H17N5O2S/c1-23-16(22)19-15-18-12-5-7-20(10-13(12)24-15)8-11-9-21-6-3-2-4-14(21)17-11/h2-4,6,9H,5,7-8,10H2,1H3,(H,18,19,22). The van der Waals surface area contributed by atoms with E-state index in [4.69, 9.17) is 0 Å². The van der Waals surface area contributed by atoms with Crippen LogP contribution in [0.15, 0.2) is 30.6 Å². The van der Waals surface area contributed by atoms with Crippen molar-refractivity contribution in [2.45, 2.75) is 19.5 Å². The van der Waals surface area contributed by atoms with Crippen LogP contribution < -0.4 is 5.32 Å². The van der Waals surface area contributed by atoms with Crippen molar-refractivity contribution < 1.29 is 9.53 Å². The number of methoxy groups -OCH3 is 1. The summed E-state index contributed by atoms with van der Waals surface area (Å²) in [4.78, 5) is 24.0. The maximum absolute atomic E-state index is 11.3. The number of pyridine rings is 1. The fourth-order valence-electron chi connectivity index (χ4n) is 2.87. The van der Waals surface area contributed by atoms with Crippen molar-refractivity contribution >= 4 is 28.2 Å². The molecule has 3 aromatic heterocycles. The molecule has 0 bridgehead atoms. The Bertz CT molecular complexity index is 855. The molecule has 3 aromatic rings. The van der Waals surface area contributed by atoms with Crippen LogP contribution >= 0.6 is 11.3 Å². The Kier molecular flexibility index (Phi) is 3.91. The maximum atomic E-state index is 11.3. The molecule has 24 heavy (non-hydrogen) atoms. The van der Waals surface area contributed by atoms with Crippen LogP contribution in [0.25, 0.3) is 5.65 Å². The van der Waals surface area contributed by atoms with Crippen LogP contribution in [0.2, 0.25) is 0 Å². The van der Waals surface area contributed by atoms with E-state index in [0.717, 1.165) is 43.1 Å². The highest BCUT2D eigenvalue weighted by atomic mass is 32.1. The van der Waals surface area contributed by atoms with Crippen LogP contribution in [0.4, 0.5) is 9.93 Å². The number of carbonyl (C=O) groups excluding carboxylic acids is 1. The Morgan fingerprint density at radius 1 is 1.42 bits per heavy atom. The average Bonchev–Trinajstić information content (AvgIpc) is 3.16. The van der Waals surface area contributed by atoms with Gasteiger partial charge in [-0.05, 0) is 12.1 Å². The number of rotatable bonds is 3. The molecule has 0 spiro atoms. The zero-order chi connectivity index (χ0) is 16.5. The molecule has 0 unspecified atom stereocenters. The van der Waals surface area contributed by atoms with Gasteiger partial charge in [-0.15, -0.1) is 0 Å². The van der Waals surface area contributed by atoms with Crippen LogP contribution in [0.1, 0.15) is 16.3 Å². The summed E-state index contributed by atoms with van der Waals surface area (Å²) < 4.78 is 6.65. The molecule has 0 fully saturated rings. The molecule has 8 heteroatoms. The number of nitrogens with one attached hydrogen (secondary N) is 1. The van der Waals surface area contributed by atoms with Gasteiger partial charge in [0.05, 0.1) is 18.5 Å². The molecule has 1 aliphatic rings. The van der Waals surface area contributed by atoms with Crippen LogP contribution in [-0.2, 0) is 24.2 Å². The van der Waals surface area contributed by atoms with Crippen molar-refractivity contribution in [2.24, 2.45) is 0 Å². The van der Waals surface area contributed by atoms with Gasteiger partial charge in [-0.2, -0.15) is 0 Å². The number of fused-ring (bicyclic) bond motifs is 2. The minimum absolute atomic E-state index is 0.484. The minimum atomic E-state index is -0.484. The summed E-state index contributed by atoms with van der Waals surface area (Å²) >= 11 is 1.51. The van der Waals surface area contributed by atoms with E-state index in [1.165, 1.54) is 23.3 Å². The molecular formula is C16H17N5O2S. The van der Waals surface area contributed by atoms with E-state index in [2.05, 4.69) is 31.1 Å². The first-order chi connectivity index (χ1) is 11.7. The van der Waals surface area contributed by atoms with Crippen LogP contribution in [0.3, 0.4) is 0 Å². The van der Waals surface area contributed by atoms with Gasteiger partial charge in [0.15, 0.2) is 5.13 Å². The average molecular weight is 343 g/mol. The van der Waals surface area contributed by atoms with Crippen LogP contribution in [0, 0.1) is 0 Å². The molecule has 1 amide bonds. The number of thiazole rings is 1. The Labute approximate surface area is 142 Å². The maximum Gasteiger partial charge on any atom is 0.413 e. The number of amides is 1. The highest BCUT2D eigenvalue weighted by molar-refractivity contribution is 7.15. The molecule has 0 saturated carbocycles. The van der Waals surface area contributed by atoms with Crippen molar-refractivity contribution in [3.05, 3.63) is 46.9 Å².